The van der Waals surface area contributed by atoms with Crippen molar-refractivity contribution in [2.75, 3.05) is 35.1 Å². The molecule has 208 valence electrons. The number of nitrogens with one attached hydrogen (secondary N) is 4. The summed E-state index contributed by atoms with van der Waals surface area (Å²) < 4.78 is 34.3. The maximum absolute atomic E-state index is 13.1. The quantitative estimate of drug-likeness (QED) is 0.282. The number of hydrogen-bond acceptors (Lipinski definition) is 6. The highest BCUT2D eigenvalue weighted by Crippen LogP contribution is 2.32. The monoisotopic (exact) mass is 591 g/mol. The first-order chi connectivity index (χ1) is 18.6. The number of benzene rings is 3. The number of halogens is 2. The Balaban J connectivity index is 1.39. The molecule has 4 N–H and O–H groups in total. The average Bonchev–Trinajstić information content (AvgIpc) is 2.89. The third kappa shape index (κ3) is 7.27. The topological polar surface area (TPSA) is 112 Å². The molecular weight excluding hydrogens is 561 g/mol. The van der Waals surface area contributed by atoms with Crippen molar-refractivity contribution >= 4 is 56.3 Å². The third-order valence-corrected chi connectivity index (χ3v) is 8.49. The summed E-state index contributed by atoms with van der Waals surface area (Å²) in [5.74, 6) is 0.421. The molecule has 3 aromatic carbocycles. The van der Waals surface area contributed by atoms with Gasteiger partial charge in [0.15, 0.2) is 0 Å². The highest BCUT2D eigenvalue weighted by Gasteiger charge is 2.23. The maximum atomic E-state index is 13.1. The van der Waals surface area contributed by atoms with Crippen LogP contribution in [0.25, 0.3) is 0 Å². The number of piperazine rings is 1. The van der Waals surface area contributed by atoms with Crippen molar-refractivity contribution in [1.82, 2.24) is 10.6 Å². The number of ether oxygens (including phenoxy) is 1. The molecule has 2 amide bonds. The van der Waals surface area contributed by atoms with E-state index in [0.29, 0.717) is 44.8 Å². The fourth-order valence-corrected chi connectivity index (χ4v) is 5.91. The van der Waals surface area contributed by atoms with Gasteiger partial charge in [-0.15, -0.1) is 0 Å². The highest BCUT2D eigenvalue weighted by atomic mass is 35.5. The van der Waals surface area contributed by atoms with Crippen molar-refractivity contribution < 1.29 is 17.9 Å². The number of anilines is 3. The van der Waals surface area contributed by atoms with Gasteiger partial charge in [0.1, 0.15) is 5.75 Å². The fourth-order valence-electron chi connectivity index (χ4n) is 4.46. The predicted molar refractivity (Wildman–Crippen MR) is 157 cm³/mol. The molecule has 4 rings (SSSR count). The first-order valence-electron chi connectivity index (χ1n) is 12.4. The van der Waals surface area contributed by atoms with E-state index in [4.69, 9.17) is 27.9 Å². The minimum absolute atomic E-state index is 0.0371. The van der Waals surface area contributed by atoms with Crippen LogP contribution in [0.5, 0.6) is 5.75 Å². The van der Waals surface area contributed by atoms with Crippen LogP contribution in [0.15, 0.2) is 65.6 Å². The van der Waals surface area contributed by atoms with Gasteiger partial charge in [0.2, 0.25) is 0 Å². The van der Waals surface area contributed by atoms with E-state index in [1.165, 1.54) is 31.4 Å². The number of sulfonamides is 1. The van der Waals surface area contributed by atoms with Crippen LogP contribution in [0.3, 0.4) is 0 Å². The second kappa shape index (κ2) is 12.3. The van der Waals surface area contributed by atoms with Crippen molar-refractivity contribution in [3.05, 3.63) is 76.3 Å². The van der Waals surface area contributed by atoms with Crippen LogP contribution in [-0.2, 0) is 16.6 Å². The predicted octanol–water partition coefficient (Wildman–Crippen LogP) is 5.31. The van der Waals surface area contributed by atoms with E-state index in [0.717, 1.165) is 18.8 Å². The van der Waals surface area contributed by atoms with Gasteiger partial charge in [-0.3, -0.25) is 4.72 Å². The minimum atomic E-state index is -3.91. The maximum Gasteiger partial charge on any atom is 0.319 e. The van der Waals surface area contributed by atoms with Crippen molar-refractivity contribution in [2.24, 2.45) is 0 Å². The molecular formula is C27H31Cl2N5O4S. The number of urea groups is 1. The standard InChI is InChI=1S/C27H31Cl2N5O4S/c1-17-15-34(16-18(2)31-17)21-9-12-24(25(13-21)38-3)33-39(36,37)22-10-7-20(8-11-22)32-27(35)30-14-19-5-4-6-23(28)26(19)29/h4-13,17-18,31,33H,14-16H2,1-3H3,(H2,30,32,35)/t17-,18+. The van der Waals surface area contributed by atoms with E-state index >= 15 is 0 Å². The van der Waals surface area contributed by atoms with Crippen LogP contribution in [0.4, 0.5) is 21.9 Å². The lowest BCUT2D eigenvalue weighted by Crippen LogP contribution is -2.54. The van der Waals surface area contributed by atoms with Crippen molar-refractivity contribution in [2.45, 2.75) is 37.4 Å². The Hall–Kier alpha value is -3.18. The van der Waals surface area contributed by atoms with E-state index in [9.17, 15) is 13.2 Å². The number of nitrogens with zero attached hydrogens (tertiary/aromatic N) is 1. The Morgan fingerprint density at radius 2 is 1.74 bits per heavy atom. The summed E-state index contributed by atoms with van der Waals surface area (Å²) >= 11 is 12.2. The molecule has 0 spiro atoms. The molecule has 1 aliphatic heterocycles. The van der Waals surface area contributed by atoms with E-state index in [1.54, 1.807) is 24.3 Å². The Labute approximate surface area is 238 Å². The number of carbonyl (C=O) groups excluding carboxylic acids is 1. The van der Waals surface area contributed by atoms with Gasteiger partial charge < -0.3 is 25.6 Å². The normalized spacial score (nSPS) is 17.4. The molecule has 0 saturated carbocycles. The summed E-state index contributed by atoms with van der Waals surface area (Å²) in [6.07, 6.45) is 0. The molecule has 0 aliphatic carbocycles. The minimum Gasteiger partial charge on any atom is -0.494 e. The molecule has 1 saturated heterocycles. The van der Waals surface area contributed by atoms with E-state index < -0.39 is 16.1 Å². The first kappa shape index (κ1) is 28.8. The number of hydrogen-bond donors (Lipinski definition) is 4. The van der Waals surface area contributed by atoms with Crippen molar-refractivity contribution in [1.29, 1.82) is 0 Å². The van der Waals surface area contributed by atoms with Gasteiger partial charge in [0, 0.05) is 49.2 Å². The first-order valence-corrected chi connectivity index (χ1v) is 14.6. The lowest BCUT2D eigenvalue weighted by Gasteiger charge is -2.37. The number of amides is 2. The molecule has 0 aromatic heterocycles. The summed E-state index contributed by atoms with van der Waals surface area (Å²) in [6, 6.07) is 16.6. The van der Waals surface area contributed by atoms with Gasteiger partial charge in [-0.05, 0) is 61.9 Å². The number of carbonyl (C=O) groups is 1. The van der Waals surface area contributed by atoms with Gasteiger partial charge in [-0.2, -0.15) is 0 Å². The van der Waals surface area contributed by atoms with Crippen LogP contribution in [0.2, 0.25) is 10.0 Å². The third-order valence-electron chi connectivity index (χ3n) is 6.25. The second-order valence-corrected chi connectivity index (χ2v) is 11.9. The molecule has 0 unspecified atom stereocenters. The van der Waals surface area contributed by atoms with Crippen LogP contribution in [0, 0.1) is 0 Å². The molecule has 12 heteroatoms. The van der Waals surface area contributed by atoms with Gasteiger partial charge in [-0.25, -0.2) is 13.2 Å². The molecule has 2 atom stereocenters. The van der Waals surface area contributed by atoms with Crippen LogP contribution < -0.4 is 30.3 Å². The Kier molecular flexibility index (Phi) is 9.12. The SMILES string of the molecule is COc1cc(N2C[C@@H](C)N[C@@H](C)C2)ccc1NS(=O)(=O)c1ccc(NC(=O)NCc2cccc(Cl)c2Cl)cc1. The zero-order chi connectivity index (χ0) is 28.2. The smallest absolute Gasteiger partial charge is 0.319 e. The summed E-state index contributed by atoms with van der Waals surface area (Å²) in [4.78, 5) is 14.6. The van der Waals surface area contributed by atoms with Gasteiger partial charge in [0.25, 0.3) is 10.0 Å². The zero-order valence-corrected chi connectivity index (χ0v) is 24.1. The molecule has 0 radical (unpaired) electrons. The molecule has 9 nitrogen and oxygen atoms in total. The second-order valence-electron chi connectivity index (χ2n) is 9.41. The van der Waals surface area contributed by atoms with E-state index in [-0.39, 0.29) is 11.4 Å². The average molecular weight is 593 g/mol. The number of methoxy groups -OCH3 is 1. The molecule has 0 bridgehead atoms. The van der Waals surface area contributed by atoms with Crippen LogP contribution >= 0.6 is 23.2 Å². The summed E-state index contributed by atoms with van der Waals surface area (Å²) in [7, 11) is -2.40. The van der Waals surface area contributed by atoms with Gasteiger partial charge >= 0.3 is 6.03 Å². The molecule has 3 aromatic rings. The largest absolute Gasteiger partial charge is 0.494 e. The summed E-state index contributed by atoms with van der Waals surface area (Å²) in [6.45, 7) is 6.12. The van der Waals surface area contributed by atoms with E-state index in [1.807, 2.05) is 12.1 Å². The summed E-state index contributed by atoms with van der Waals surface area (Å²) in [5, 5.41) is 9.64. The zero-order valence-electron chi connectivity index (χ0n) is 21.8. The highest BCUT2D eigenvalue weighted by molar-refractivity contribution is 7.92. The number of rotatable bonds is 8. The molecule has 1 fully saturated rings. The molecule has 1 heterocycles. The van der Waals surface area contributed by atoms with E-state index in [2.05, 4.69) is 39.4 Å². The lowest BCUT2D eigenvalue weighted by molar-refractivity contribution is 0.251. The van der Waals surface area contributed by atoms with Gasteiger partial charge in [-0.1, -0.05) is 35.3 Å². The van der Waals surface area contributed by atoms with Crippen LogP contribution in [-0.4, -0.2) is 46.7 Å². The van der Waals surface area contributed by atoms with Gasteiger partial charge in [0.05, 0.1) is 27.7 Å². The van der Waals surface area contributed by atoms with Crippen molar-refractivity contribution in [3.63, 3.8) is 0 Å². The van der Waals surface area contributed by atoms with Crippen molar-refractivity contribution in [3.8, 4) is 5.75 Å². The lowest BCUT2D eigenvalue weighted by atomic mass is 10.1. The molecule has 1 aliphatic rings. The molecule has 39 heavy (non-hydrogen) atoms. The Bertz CT molecular complexity index is 1430. The Morgan fingerprint density at radius 1 is 1.05 bits per heavy atom. The summed E-state index contributed by atoms with van der Waals surface area (Å²) in [5.41, 5.74) is 2.39. The fraction of sp³-hybridized carbons (Fsp3) is 0.296. The van der Waals surface area contributed by atoms with Crippen LogP contribution in [0.1, 0.15) is 19.4 Å². The Morgan fingerprint density at radius 3 is 2.41 bits per heavy atom.